The summed E-state index contributed by atoms with van der Waals surface area (Å²) >= 11 is 0. The van der Waals surface area contributed by atoms with Crippen LogP contribution in [0, 0.1) is 0 Å². The molecule has 1 aliphatic rings. The number of likely N-dealkylation sites (tertiary alicyclic amines) is 1. The fraction of sp³-hybridized carbons (Fsp3) is 0.833. The van der Waals surface area contributed by atoms with E-state index in [1.807, 2.05) is 0 Å². The molecule has 1 rings (SSSR count). The van der Waals surface area contributed by atoms with Gasteiger partial charge in [0.05, 0.1) is 0 Å². The summed E-state index contributed by atoms with van der Waals surface area (Å²) in [5, 5.41) is 0. The van der Waals surface area contributed by atoms with E-state index in [-0.39, 0.29) is 5.91 Å². The van der Waals surface area contributed by atoms with Crippen molar-refractivity contribution in [1.82, 2.24) is 4.90 Å². The average Bonchev–Trinajstić information content (AvgIpc) is 2.15. The molecule has 0 saturated carbocycles. The van der Waals surface area contributed by atoms with Crippen LogP contribution in [0.25, 0.3) is 0 Å². The fourth-order valence-electron chi connectivity index (χ4n) is 1.19. The van der Waals surface area contributed by atoms with Crippen LogP contribution in [0.1, 0.15) is 12.8 Å². The normalized spacial score (nSPS) is 20.6. The van der Waals surface area contributed by atoms with Gasteiger partial charge in [0, 0.05) is 0 Å². The van der Waals surface area contributed by atoms with Crippen LogP contribution < -0.4 is 5.73 Å². The lowest BCUT2D eigenvalue weighted by atomic mass is 10.4. The van der Waals surface area contributed by atoms with Gasteiger partial charge in [-0.3, -0.25) is 10.6 Å². The molecule has 3 N–H and O–H groups in total. The third-order valence-electron chi connectivity index (χ3n) is 1.60. The first-order valence-corrected chi connectivity index (χ1v) is 3.36. The van der Waals surface area contributed by atoms with Crippen molar-refractivity contribution in [2.45, 2.75) is 12.8 Å². The quantitative estimate of drug-likeness (QED) is 0.512. The molecule has 3 heteroatoms. The zero-order valence-electron chi connectivity index (χ0n) is 5.60. The topological polar surface area (TPSA) is 48.0 Å². The van der Waals surface area contributed by atoms with Crippen LogP contribution in [0.15, 0.2) is 0 Å². The molecule has 0 atom stereocenters. The molecule has 0 aromatic rings. The highest BCUT2D eigenvalue weighted by Crippen LogP contribution is 2.04. The predicted molar refractivity (Wildman–Crippen MR) is 33.6 cm³/mol. The molecule has 1 aliphatic heterocycles. The van der Waals surface area contributed by atoms with Crippen LogP contribution in [0.3, 0.4) is 0 Å². The Labute approximate surface area is 54.8 Å². The maximum atomic E-state index is 10.4. The summed E-state index contributed by atoms with van der Waals surface area (Å²) in [5.74, 6) is 0.0388. The van der Waals surface area contributed by atoms with E-state index in [0.717, 1.165) is 13.1 Å². The second-order valence-electron chi connectivity index (χ2n) is 2.52. The van der Waals surface area contributed by atoms with Crippen LogP contribution in [0.2, 0.25) is 0 Å². The van der Waals surface area contributed by atoms with Crippen molar-refractivity contribution in [1.29, 1.82) is 0 Å². The van der Waals surface area contributed by atoms with Gasteiger partial charge in [0.15, 0.2) is 0 Å². The first-order valence-electron chi connectivity index (χ1n) is 3.36. The Bertz CT molecular complexity index is 108. The molecule has 3 nitrogen and oxygen atoms in total. The van der Waals surface area contributed by atoms with E-state index in [2.05, 4.69) is 10.6 Å². The lowest BCUT2D eigenvalue weighted by molar-refractivity contribution is -0.306. The zero-order valence-corrected chi connectivity index (χ0v) is 5.60. The van der Waals surface area contributed by atoms with Gasteiger partial charge in [0.25, 0.3) is 0 Å². The average molecular weight is 129 g/mol. The molecule has 0 radical (unpaired) electrons. The lowest BCUT2D eigenvalue weighted by Crippen LogP contribution is -2.61. The molecule has 0 aliphatic carbocycles. The highest BCUT2D eigenvalue weighted by molar-refractivity contribution is 5.66. The largest absolute Gasteiger partial charge is 0.322 e. The summed E-state index contributed by atoms with van der Waals surface area (Å²) in [5.41, 5.74) is 3.32. The summed E-state index contributed by atoms with van der Waals surface area (Å²) in [7, 11) is 0. The van der Waals surface area contributed by atoms with Crippen molar-refractivity contribution < 1.29 is 10.5 Å². The van der Waals surface area contributed by atoms with Gasteiger partial charge in [0.1, 0.15) is 6.54 Å². The molecular formula is C6H13N2O+. The number of quaternary nitrogens is 1. The van der Waals surface area contributed by atoms with Crippen LogP contribution in [-0.2, 0) is 4.79 Å². The van der Waals surface area contributed by atoms with Gasteiger partial charge in [-0.05, 0) is 25.9 Å². The first kappa shape index (κ1) is 6.71. The van der Waals surface area contributed by atoms with Gasteiger partial charge >= 0.3 is 5.91 Å². The Hall–Kier alpha value is -0.410. The molecular weight excluding hydrogens is 116 g/mol. The summed E-state index contributed by atoms with van der Waals surface area (Å²) in [6, 6.07) is 0. The number of rotatable bonds is 2. The van der Waals surface area contributed by atoms with E-state index < -0.39 is 0 Å². The van der Waals surface area contributed by atoms with Crippen molar-refractivity contribution in [2.24, 2.45) is 0 Å². The zero-order chi connectivity index (χ0) is 6.69. The SMILES string of the molecule is [NH3+]C(=O)CN1CCCC1. The van der Waals surface area contributed by atoms with E-state index in [4.69, 9.17) is 0 Å². The van der Waals surface area contributed by atoms with Crippen LogP contribution in [0.5, 0.6) is 0 Å². The van der Waals surface area contributed by atoms with Gasteiger partial charge in [0.2, 0.25) is 0 Å². The highest BCUT2D eigenvalue weighted by Gasteiger charge is 2.14. The van der Waals surface area contributed by atoms with E-state index in [1.54, 1.807) is 0 Å². The molecule has 0 aromatic heterocycles. The number of hydrogen-bond acceptors (Lipinski definition) is 2. The highest BCUT2D eigenvalue weighted by atomic mass is 16.1. The van der Waals surface area contributed by atoms with Crippen LogP contribution in [0.4, 0.5) is 0 Å². The Morgan fingerprint density at radius 2 is 2.00 bits per heavy atom. The van der Waals surface area contributed by atoms with E-state index >= 15 is 0 Å². The summed E-state index contributed by atoms with van der Waals surface area (Å²) in [4.78, 5) is 12.6. The van der Waals surface area contributed by atoms with Gasteiger partial charge in [-0.2, -0.15) is 0 Å². The summed E-state index contributed by atoms with van der Waals surface area (Å²) in [6.07, 6.45) is 2.49. The Kier molecular flexibility index (Phi) is 2.19. The molecule has 1 fully saturated rings. The summed E-state index contributed by atoms with van der Waals surface area (Å²) < 4.78 is 0. The smallest absolute Gasteiger partial charge is 0.293 e. The van der Waals surface area contributed by atoms with Crippen molar-refractivity contribution >= 4 is 5.91 Å². The second kappa shape index (κ2) is 2.94. The monoisotopic (exact) mass is 129 g/mol. The standard InChI is InChI=1S/C6H12N2O/c7-6(9)5-8-3-1-2-4-8/h1-5H2,(H2,7,9)/p+1. The Morgan fingerprint density at radius 3 is 2.44 bits per heavy atom. The van der Waals surface area contributed by atoms with Crippen LogP contribution >= 0.6 is 0 Å². The van der Waals surface area contributed by atoms with E-state index in [0.29, 0.717) is 6.54 Å². The molecule has 9 heavy (non-hydrogen) atoms. The van der Waals surface area contributed by atoms with Gasteiger partial charge in [-0.15, -0.1) is 0 Å². The number of carbonyl (C=O) groups excluding carboxylic acids is 1. The second-order valence-corrected chi connectivity index (χ2v) is 2.52. The Morgan fingerprint density at radius 1 is 1.44 bits per heavy atom. The van der Waals surface area contributed by atoms with Gasteiger partial charge < -0.3 is 0 Å². The predicted octanol–water partition coefficient (Wildman–Crippen LogP) is -1.15. The minimum Gasteiger partial charge on any atom is -0.293 e. The maximum absolute atomic E-state index is 10.4. The minimum absolute atomic E-state index is 0.0388. The Balaban J connectivity index is 2.19. The van der Waals surface area contributed by atoms with Crippen LogP contribution in [-0.4, -0.2) is 30.4 Å². The maximum Gasteiger partial charge on any atom is 0.322 e. The molecule has 1 heterocycles. The lowest BCUT2D eigenvalue weighted by Gasteiger charge is -2.08. The molecule has 52 valence electrons. The van der Waals surface area contributed by atoms with E-state index in [1.165, 1.54) is 12.8 Å². The molecule has 1 amide bonds. The molecule has 0 aromatic carbocycles. The number of carbonyl (C=O) groups is 1. The van der Waals surface area contributed by atoms with Gasteiger partial charge in [-0.1, -0.05) is 0 Å². The molecule has 0 bridgehead atoms. The molecule has 0 unspecified atom stereocenters. The first-order chi connectivity index (χ1) is 4.29. The van der Waals surface area contributed by atoms with Gasteiger partial charge in [-0.25, -0.2) is 4.79 Å². The number of amides is 1. The van der Waals surface area contributed by atoms with Crippen molar-refractivity contribution in [3.05, 3.63) is 0 Å². The van der Waals surface area contributed by atoms with Crippen molar-refractivity contribution in [3.63, 3.8) is 0 Å². The van der Waals surface area contributed by atoms with Crippen molar-refractivity contribution in [2.75, 3.05) is 19.6 Å². The third kappa shape index (κ3) is 2.11. The van der Waals surface area contributed by atoms with E-state index in [9.17, 15) is 4.79 Å². The molecule has 0 spiro atoms. The summed E-state index contributed by atoms with van der Waals surface area (Å²) in [6.45, 7) is 2.72. The van der Waals surface area contributed by atoms with Crippen molar-refractivity contribution in [3.8, 4) is 0 Å². The minimum atomic E-state index is 0.0388. The molecule has 1 saturated heterocycles. The number of hydrogen-bond donors (Lipinski definition) is 1. The number of nitrogens with zero attached hydrogens (tertiary/aromatic N) is 1. The third-order valence-corrected chi connectivity index (χ3v) is 1.60. The fourth-order valence-corrected chi connectivity index (χ4v) is 1.19.